The zero-order chi connectivity index (χ0) is 17.0. The van der Waals surface area contributed by atoms with Crippen LogP contribution in [-0.2, 0) is 19.4 Å². The van der Waals surface area contributed by atoms with Gasteiger partial charge in [0.05, 0.1) is 23.8 Å². The molecule has 0 unspecified atom stereocenters. The number of aromatic nitrogens is 3. The van der Waals surface area contributed by atoms with Crippen molar-refractivity contribution in [1.29, 1.82) is 0 Å². The molecule has 5 rings (SSSR count). The fourth-order valence-electron chi connectivity index (χ4n) is 3.64. The molecule has 1 aliphatic carbocycles. The highest BCUT2D eigenvalue weighted by Crippen LogP contribution is 2.34. The number of pyridine rings is 1. The second-order valence-corrected chi connectivity index (χ2v) is 7.81. The van der Waals surface area contributed by atoms with Crippen LogP contribution in [0.2, 0.25) is 5.02 Å². The highest BCUT2D eigenvalue weighted by molar-refractivity contribution is 7.18. The fraction of sp³-hybridized carbons (Fsp3) is 0.211. The molecule has 0 atom stereocenters. The molecule has 0 radical (unpaired) electrons. The third kappa shape index (κ3) is 2.30. The van der Waals surface area contributed by atoms with E-state index in [1.807, 2.05) is 24.3 Å². The first-order valence-corrected chi connectivity index (χ1v) is 9.43. The first kappa shape index (κ1) is 15.0. The second kappa shape index (κ2) is 5.64. The quantitative estimate of drug-likeness (QED) is 0.533. The van der Waals surface area contributed by atoms with E-state index in [1.165, 1.54) is 10.4 Å². The summed E-state index contributed by atoms with van der Waals surface area (Å²) in [6, 6.07) is 7.61. The van der Waals surface area contributed by atoms with Crippen LogP contribution in [0.1, 0.15) is 22.4 Å². The number of thiophene rings is 1. The molecule has 6 heteroatoms. The Bertz CT molecular complexity index is 1190. The largest absolute Gasteiger partial charge is 0.294 e. The van der Waals surface area contributed by atoms with Gasteiger partial charge in [-0.25, -0.2) is 4.98 Å². The minimum Gasteiger partial charge on any atom is -0.294 e. The highest BCUT2D eigenvalue weighted by Gasteiger charge is 2.21. The number of rotatable bonds is 2. The average molecular weight is 368 g/mol. The summed E-state index contributed by atoms with van der Waals surface area (Å²) in [5, 5.41) is 2.38. The van der Waals surface area contributed by atoms with Crippen LogP contribution >= 0.6 is 22.9 Å². The van der Waals surface area contributed by atoms with E-state index in [0.717, 1.165) is 45.9 Å². The lowest BCUT2D eigenvalue weighted by atomic mass is 10.1. The normalized spacial score (nSPS) is 13.6. The van der Waals surface area contributed by atoms with Crippen molar-refractivity contribution in [3.63, 3.8) is 0 Å². The van der Waals surface area contributed by atoms with Crippen molar-refractivity contribution in [2.75, 3.05) is 0 Å². The Labute approximate surface area is 152 Å². The lowest BCUT2D eigenvalue weighted by Gasteiger charge is -2.09. The number of fused-ring (bicyclic) bond motifs is 4. The van der Waals surface area contributed by atoms with Gasteiger partial charge in [0, 0.05) is 21.5 Å². The Balaban J connectivity index is 1.67. The maximum atomic E-state index is 13.0. The summed E-state index contributed by atoms with van der Waals surface area (Å²) in [6.07, 6.45) is 6.60. The van der Waals surface area contributed by atoms with Crippen molar-refractivity contribution < 1.29 is 0 Å². The minimum absolute atomic E-state index is 0.0448. The Morgan fingerprint density at radius 3 is 3.04 bits per heavy atom. The molecule has 4 nitrogen and oxygen atoms in total. The van der Waals surface area contributed by atoms with Gasteiger partial charge in [0.25, 0.3) is 5.56 Å². The Kier molecular flexibility index (Phi) is 3.40. The van der Waals surface area contributed by atoms with E-state index in [0.29, 0.717) is 11.6 Å². The topological polar surface area (TPSA) is 47.8 Å². The Morgan fingerprint density at radius 1 is 1.20 bits per heavy atom. The number of aryl methyl sites for hydroxylation is 2. The van der Waals surface area contributed by atoms with Crippen LogP contribution in [0, 0.1) is 0 Å². The van der Waals surface area contributed by atoms with Gasteiger partial charge in [0.15, 0.2) is 0 Å². The molecule has 3 aromatic heterocycles. The molecule has 0 aliphatic heterocycles. The molecule has 124 valence electrons. The van der Waals surface area contributed by atoms with Crippen molar-refractivity contribution in [1.82, 2.24) is 14.5 Å². The number of benzene rings is 1. The number of nitrogens with zero attached hydrogens (tertiary/aromatic N) is 3. The van der Waals surface area contributed by atoms with E-state index < -0.39 is 0 Å². The van der Waals surface area contributed by atoms with Gasteiger partial charge in [-0.1, -0.05) is 17.7 Å². The van der Waals surface area contributed by atoms with Crippen LogP contribution in [0.4, 0.5) is 0 Å². The van der Waals surface area contributed by atoms with E-state index >= 15 is 0 Å². The molecular weight excluding hydrogens is 354 g/mol. The molecule has 0 saturated carbocycles. The second-order valence-electron chi connectivity index (χ2n) is 6.32. The van der Waals surface area contributed by atoms with E-state index in [1.54, 1.807) is 28.4 Å². The standard InChI is InChI=1S/C19H14ClN3OS/c20-14-7-6-11(17-12(14)4-2-8-21-17)9-23-10-22-18-16(19(23)24)13-3-1-5-15(13)25-18/h2,4,6-8,10H,1,3,5,9H2. The van der Waals surface area contributed by atoms with Gasteiger partial charge >= 0.3 is 0 Å². The molecular formula is C19H14ClN3OS. The zero-order valence-corrected chi connectivity index (χ0v) is 14.9. The van der Waals surface area contributed by atoms with Crippen molar-refractivity contribution in [3.05, 3.63) is 68.2 Å². The summed E-state index contributed by atoms with van der Waals surface area (Å²) < 4.78 is 1.69. The van der Waals surface area contributed by atoms with Crippen LogP contribution in [0.3, 0.4) is 0 Å². The van der Waals surface area contributed by atoms with Gasteiger partial charge in [-0.05, 0) is 48.6 Å². The van der Waals surface area contributed by atoms with E-state index in [4.69, 9.17) is 11.6 Å². The van der Waals surface area contributed by atoms with Crippen LogP contribution in [0.25, 0.3) is 21.1 Å². The van der Waals surface area contributed by atoms with Crippen molar-refractivity contribution in [3.8, 4) is 0 Å². The molecule has 25 heavy (non-hydrogen) atoms. The van der Waals surface area contributed by atoms with Gasteiger partial charge in [-0.3, -0.25) is 14.3 Å². The Hall–Kier alpha value is -2.24. The fourth-order valence-corrected chi connectivity index (χ4v) is 5.07. The average Bonchev–Trinajstić information content (AvgIpc) is 3.21. The predicted octanol–water partition coefficient (Wildman–Crippen LogP) is 4.20. The summed E-state index contributed by atoms with van der Waals surface area (Å²) in [5.41, 5.74) is 3.06. The lowest BCUT2D eigenvalue weighted by Crippen LogP contribution is -2.21. The van der Waals surface area contributed by atoms with Gasteiger partial charge < -0.3 is 0 Å². The molecule has 0 amide bonds. The summed E-state index contributed by atoms with van der Waals surface area (Å²) in [5.74, 6) is 0. The van der Waals surface area contributed by atoms with Crippen molar-refractivity contribution >= 4 is 44.1 Å². The highest BCUT2D eigenvalue weighted by atomic mass is 35.5. The van der Waals surface area contributed by atoms with Gasteiger partial charge in [0.1, 0.15) is 4.83 Å². The van der Waals surface area contributed by atoms with Crippen molar-refractivity contribution in [2.24, 2.45) is 0 Å². The number of halogens is 1. The van der Waals surface area contributed by atoms with Crippen molar-refractivity contribution in [2.45, 2.75) is 25.8 Å². The molecule has 4 aromatic rings. The maximum absolute atomic E-state index is 13.0. The summed E-state index contributed by atoms with van der Waals surface area (Å²) in [7, 11) is 0. The molecule has 3 heterocycles. The van der Waals surface area contributed by atoms with Gasteiger partial charge in [0.2, 0.25) is 0 Å². The first-order chi connectivity index (χ1) is 12.2. The van der Waals surface area contributed by atoms with Crippen LogP contribution < -0.4 is 5.56 Å². The summed E-state index contributed by atoms with van der Waals surface area (Å²) >= 11 is 7.94. The van der Waals surface area contributed by atoms with Gasteiger partial charge in [-0.2, -0.15) is 0 Å². The first-order valence-electron chi connectivity index (χ1n) is 8.24. The maximum Gasteiger partial charge on any atom is 0.262 e. The Morgan fingerprint density at radius 2 is 2.12 bits per heavy atom. The number of hydrogen-bond donors (Lipinski definition) is 0. The minimum atomic E-state index is 0.0448. The smallest absolute Gasteiger partial charge is 0.262 e. The molecule has 0 bridgehead atoms. The zero-order valence-electron chi connectivity index (χ0n) is 13.3. The molecule has 1 aromatic carbocycles. The third-order valence-electron chi connectivity index (χ3n) is 4.83. The lowest BCUT2D eigenvalue weighted by molar-refractivity contribution is 0.751. The van der Waals surface area contributed by atoms with Crippen LogP contribution in [-0.4, -0.2) is 14.5 Å². The van der Waals surface area contributed by atoms with E-state index in [2.05, 4.69) is 9.97 Å². The summed E-state index contributed by atoms with van der Waals surface area (Å²) in [6.45, 7) is 0.442. The molecule has 0 N–H and O–H groups in total. The molecule has 1 aliphatic rings. The SMILES string of the molecule is O=c1c2c3c(sc2ncn1Cc1ccc(Cl)c2cccnc12)CCC3. The third-order valence-corrected chi connectivity index (χ3v) is 6.36. The van der Waals surface area contributed by atoms with Crippen LogP contribution in [0.5, 0.6) is 0 Å². The van der Waals surface area contributed by atoms with E-state index in [-0.39, 0.29) is 5.56 Å². The monoisotopic (exact) mass is 367 g/mol. The summed E-state index contributed by atoms with van der Waals surface area (Å²) in [4.78, 5) is 24.2. The molecule has 0 saturated heterocycles. The predicted molar refractivity (Wildman–Crippen MR) is 102 cm³/mol. The number of hydrogen-bond acceptors (Lipinski definition) is 4. The van der Waals surface area contributed by atoms with Crippen LogP contribution in [0.15, 0.2) is 41.6 Å². The molecule has 0 spiro atoms. The molecule has 0 fully saturated rings. The van der Waals surface area contributed by atoms with E-state index in [9.17, 15) is 4.79 Å². The van der Waals surface area contributed by atoms with Gasteiger partial charge in [-0.15, -0.1) is 11.3 Å².